The molecule has 1 aromatic carbocycles. The number of nitrogens with one attached hydrogen (secondary N) is 2. The van der Waals surface area contributed by atoms with Gasteiger partial charge in [-0.25, -0.2) is 9.48 Å². The first-order valence-electron chi connectivity index (χ1n) is 9.20. The third-order valence-electron chi connectivity index (χ3n) is 4.97. The molecule has 0 radical (unpaired) electrons. The van der Waals surface area contributed by atoms with Crippen LogP contribution in [-0.2, 0) is 30.7 Å². The molecule has 1 aliphatic heterocycles. The molecule has 0 saturated carbocycles. The van der Waals surface area contributed by atoms with Crippen LogP contribution in [0.1, 0.15) is 30.7 Å². The van der Waals surface area contributed by atoms with Crippen LogP contribution in [0.15, 0.2) is 35.3 Å². The molecular formula is C19H23N5O2. The van der Waals surface area contributed by atoms with Crippen LogP contribution >= 0.6 is 0 Å². The smallest absolute Gasteiger partial charge is 0.346 e. The molecule has 0 aliphatic carbocycles. The molecule has 0 atom stereocenters. The van der Waals surface area contributed by atoms with Crippen molar-refractivity contribution in [3.8, 4) is 0 Å². The Bertz CT molecular complexity index is 981. The Kier molecular flexibility index (Phi) is 4.60. The van der Waals surface area contributed by atoms with Crippen LogP contribution in [0.4, 0.5) is 0 Å². The highest BCUT2D eigenvalue weighted by Crippen LogP contribution is 2.17. The molecule has 1 aliphatic rings. The number of aromatic nitrogens is 4. The first-order valence-corrected chi connectivity index (χ1v) is 9.20. The normalized spacial score (nSPS) is 14.2. The van der Waals surface area contributed by atoms with Gasteiger partial charge in [-0.1, -0.05) is 24.6 Å². The van der Waals surface area contributed by atoms with Gasteiger partial charge in [0, 0.05) is 36.6 Å². The van der Waals surface area contributed by atoms with Gasteiger partial charge in [0.15, 0.2) is 0 Å². The predicted octanol–water partition coefficient (Wildman–Crippen LogP) is 1.61. The molecule has 0 bridgehead atoms. The molecule has 26 heavy (non-hydrogen) atoms. The van der Waals surface area contributed by atoms with Gasteiger partial charge in [-0.2, -0.15) is 5.10 Å². The summed E-state index contributed by atoms with van der Waals surface area (Å²) in [5.74, 6) is 0.624. The summed E-state index contributed by atoms with van der Waals surface area (Å²) in [6, 6.07) is 8.11. The monoisotopic (exact) mass is 353 g/mol. The lowest BCUT2D eigenvalue weighted by Gasteiger charge is -2.04. The minimum Gasteiger partial charge on any atom is -0.361 e. The lowest BCUT2D eigenvalue weighted by Crippen LogP contribution is -2.34. The molecule has 2 aromatic heterocycles. The number of fused-ring (bicyclic) bond motifs is 2. The summed E-state index contributed by atoms with van der Waals surface area (Å²) in [5.41, 5.74) is 2.10. The summed E-state index contributed by atoms with van der Waals surface area (Å²) in [5, 5.41) is 8.42. The van der Waals surface area contributed by atoms with Gasteiger partial charge >= 0.3 is 5.69 Å². The van der Waals surface area contributed by atoms with Crippen molar-refractivity contribution in [2.75, 3.05) is 6.54 Å². The zero-order chi connectivity index (χ0) is 17.9. The Labute approximate surface area is 151 Å². The van der Waals surface area contributed by atoms with Crippen molar-refractivity contribution in [2.45, 2.75) is 45.2 Å². The fraction of sp³-hybridized carbons (Fsp3) is 0.421. The number of amides is 1. The van der Waals surface area contributed by atoms with E-state index < -0.39 is 0 Å². The molecule has 3 heterocycles. The molecule has 0 spiro atoms. The molecular weight excluding hydrogens is 330 g/mol. The van der Waals surface area contributed by atoms with Crippen LogP contribution in [-0.4, -0.2) is 31.8 Å². The number of carbonyl (C=O) groups is 1. The first kappa shape index (κ1) is 16.6. The summed E-state index contributed by atoms with van der Waals surface area (Å²) in [6.07, 6.45) is 6.70. The SMILES string of the molecule is O=C(Cn1nc2n(c1=O)CCCCC2)NCCc1c[nH]c2ccccc12. The van der Waals surface area contributed by atoms with Crippen LogP contribution < -0.4 is 11.0 Å². The van der Waals surface area contributed by atoms with Crippen LogP contribution in [0, 0.1) is 0 Å². The van der Waals surface area contributed by atoms with Crippen LogP contribution in [0.5, 0.6) is 0 Å². The molecule has 136 valence electrons. The molecule has 7 heteroatoms. The summed E-state index contributed by atoms with van der Waals surface area (Å²) in [6.45, 7) is 1.21. The van der Waals surface area contributed by atoms with E-state index in [1.807, 2.05) is 24.4 Å². The molecule has 4 rings (SSSR count). The van der Waals surface area contributed by atoms with E-state index in [1.165, 1.54) is 15.6 Å². The fourth-order valence-electron chi connectivity index (χ4n) is 3.60. The number of carbonyl (C=O) groups excluding carboxylic acids is 1. The number of aryl methyl sites for hydroxylation is 1. The molecule has 0 saturated heterocycles. The average molecular weight is 353 g/mol. The maximum Gasteiger partial charge on any atom is 0.346 e. The third-order valence-corrected chi connectivity index (χ3v) is 4.97. The minimum absolute atomic E-state index is 0.0211. The summed E-state index contributed by atoms with van der Waals surface area (Å²) in [7, 11) is 0. The van der Waals surface area contributed by atoms with Crippen molar-refractivity contribution >= 4 is 16.8 Å². The molecule has 0 fully saturated rings. The van der Waals surface area contributed by atoms with E-state index in [9.17, 15) is 9.59 Å². The number of benzene rings is 1. The van der Waals surface area contributed by atoms with Gasteiger partial charge in [-0.15, -0.1) is 0 Å². The van der Waals surface area contributed by atoms with E-state index in [1.54, 1.807) is 4.57 Å². The maximum absolute atomic E-state index is 12.4. The quantitative estimate of drug-likeness (QED) is 0.731. The number of hydrogen-bond acceptors (Lipinski definition) is 3. The Morgan fingerprint density at radius 3 is 3.04 bits per heavy atom. The zero-order valence-electron chi connectivity index (χ0n) is 14.7. The minimum atomic E-state index is -0.180. The van der Waals surface area contributed by atoms with E-state index in [0.29, 0.717) is 13.1 Å². The van der Waals surface area contributed by atoms with Crippen LogP contribution in [0.25, 0.3) is 10.9 Å². The zero-order valence-corrected chi connectivity index (χ0v) is 14.7. The Hall–Kier alpha value is -2.83. The van der Waals surface area contributed by atoms with E-state index in [0.717, 1.165) is 43.4 Å². The number of para-hydroxylation sites is 1. The average Bonchev–Trinajstić information content (AvgIpc) is 3.07. The maximum atomic E-state index is 12.4. The van der Waals surface area contributed by atoms with Crippen LogP contribution in [0.3, 0.4) is 0 Å². The van der Waals surface area contributed by atoms with Gasteiger partial charge in [0.25, 0.3) is 0 Å². The number of rotatable bonds is 5. The topological polar surface area (TPSA) is 84.7 Å². The lowest BCUT2D eigenvalue weighted by molar-refractivity contribution is -0.121. The van der Waals surface area contributed by atoms with Crippen molar-refractivity contribution in [3.63, 3.8) is 0 Å². The van der Waals surface area contributed by atoms with Crippen molar-refractivity contribution < 1.29 is 4.79 Å². The standard InChI is InChI=1S/C19H23N5O2/c25-18(13-24-19(26)23-11-5-1-2-8-17(23)22-24)20-10-9-14-12-21-16-7-4-3-6-15(14)16/h3-4,6-7,12,21H,1-2,5,8-11,13H2,(H,20,25). The van der Waals surface area contributed by atoms with E-state index in [4.69, 9.17) is 0 Å². The van der Waals surface area contributed by atoms with Crippen molar-refractivity contribution in [1.82, 2.24) is 24.6 Å². The Morgan fingerprint density at radius 1 is 1.23 bits per heavy atom. The van der Waals surface area contributed by atoms with Gasteiger partial charge in [0.1, 0.15) is 12.4 Å². The Balaban J connectivity index is 1.35. The van der Waals surface area contributed by atoms with E-state index >= 15 is 0 Å². The second-order valence-electron chi connectivity index (χ2n) is 6.78. The van der Waals surface area contributed by atoms with Gasteiger partial charge < -0.3 is 10.3 Å². The highest BCUT2D eigenvalue weighted by molar-refractivity contribution is 5.83. The number of nitrogens with zero attached hydrogens (tertiary/aromatic N) is 3. The molecule has 7 nitrogen and oxygen atoms in total. The van der Waals surface area contributed by atoms with Crippen LogP contribution in [0.2, 0.25) is 0 Å². The number of hydrogen-bond donors (Lipinski definition) is 2. The van der Waals surface area contributed by atoms with Crippen molar-refractivity contribution in [2.24, 2.45) is 0 Å². The largest absolute Gasteiger partial charge is 0.361 e. The van der Waals surface area contributed by atoms with Gasteiger partial charge in [0.2, 0.25) is 5.91 Å². The fourth-order valence-corrected chi connectivity index (χ4v) is 3.60. The summed E-state index contributed by atoms with van der Waals surface area (Å²) >= 11 is 0. The number of aromatic amines is 1. The summed E-state index contributed by atoms with van der Waals surface area (Å²) < 4.78 is 3.01. The van der Waals surface area contributed by atoms with Crippen molar-refractivity contribution in [3.05, 3.63) is 52.3 Å². The molecule has 0 unspecified atom stereocenters. The highest BCUT2D eigenvalue weighted by atomic mass is 16.2. The molecule has 3 aromatic rings. The van der Waals surface area contributed by atoms with E-state index in [2.05, 4.69) is 21.5 Å². The molecule has 2 N–H and O–H groups in total. The molecule has 1 amide bonds. The van der Waals surface area contributed by atoms with E-state index in [-0.39, 0.29) is 18.1 Å². The Morgan fingerprint density at radius 2 is 2.12 bits per heavy atom. The van der Waals surface area contributed by atoms with Crippen molar-refractivity contribution in [1.29, 1.82) is 0 Å². The number of H-pyrrole nitrogens is 1. The second-order valence-corrected chi connectivity index (χ2v) is 6.78. The third kappa shape index (κ3) is 3.29. The van der Waals surface area contributed by atoms with Gasteiger partial charge in [-0.05, 0) is 30.9 Å². The highest BCUT2D eigenvalue weighted by Gasteiger charge is 2.17. The van der Waals surface area contributed by atoms with Gasteiger partial charge in [-0.3, -0.25) is 9.36 Å². The lowest BCUT2D eigenvalue weighted by atomic mass is 10.1. The van der Waals surface area contributed by atoms with Gasteiger partial charge in [0.05, 0.1) is 0 Å². The second kappa shape index (κ2) is 7.19. The first-order chi connectivity index (χ1) is 12.7. The predicted molar refractivity (Wildman–Crippen MR) is 99.1 cm³/mol. The summed E-state index contributed by atoms with van der Waals surface area (Å²) in [4.78, 5) is 27.8.